The number of ketones is 1. The Morgan fingerprint density at radius 1 is 1.07 bits per heavy atom. The smallest absolute Gasteiger partial charge is 0.166 e. The summed E-state index contributed by atoms with van der Waals surface area (Å²) in [6.07, 6.45) is -0.852. The molecule has 2 atom stereocenters. The van der Waals surface area contributed by atoms with Gasteiger partial charge in [-0.1, -0.05) is 48.5 Å². The Morgan fingerprint density at radius 2 is 1.43 bits per heavy atom. The van der Waals surface area contributed by atoms with E-state index in [0.29, 0.717) is 0 Å². The van der Waals surface area contributed by atoms with Crippen molar-refractivity contribution >= 4 is 5.78 Å². The molecule has 0 spiro atoms. The van der Waals surface area contributed by atoms with Crippen molar-refractivity contribution in [2.24, 2.45) is 16.7 Å². The minimum absolute atomic E-state index is 0.0192. The lowest BCUT2D eigenvalue weighted by atomic mass is 9.73. The van der Waals surface area contributed by atoms with Gasteiger partial charge in [-0.15, -0.1) is 0 Å². The van der Waals surface area contributed by atoms with Crippen LogP contribution in [-0.4, -0.2) is 17.0 Å². The molecule has 0 aromatic heterocycles. The van der Waals surface area contributed by atoms with Crippen LogP contribution in [-0.2, 0) is 4.79 Å². The molecule has 2 heteroatoms. The molecule has 0 aromatic rings. The quantitative estimate of drug-likeness (QED) is 0.744. The van der Waals surface area contributed by atoms with Crippen LogP contribution in [0.25, 0.3) is 0 Å². The summed E-state index contributed by atoms with van der Waals surface area (Å²) in [5, 5.41) is 9.91. The molecule has 84 valence electrons. The maximum absolute atomic E-state index is 11.8. The van der Waals surface area contributed by atoms with Crippen molar-refractivity contribution in [3.63, 3.8) is 0 Å². The zero-order chi connectivity index (χ0) is 11.7. The molecule has 0 saturated carbocycles. The van der Waals surface area contributed by atoms with Crippen LogP contribution in [0.4, 0.5) is 0 Å². The Hall–Kier alpha value is -0.370. The second-order valence-electron chi connectivity index (χ2n) is 6.21. The van der Waals surface area contributed by atoms with Gasteiger partial charge in [-0.05, 0) is 11.3 Å². The SMILES string of the molecule is C[C@@H]([C@@H](O)C(=O)C(C)(C)C)C(C)(C)C. The molecule has 0 aliphatic heterocycles. The summed E-state index contributed by atoms with van der Waals surface area (Å²) < 4.78 is 0. The van der Waals surface area contributed by atoms with Crippen LogP contribution >= 0.6 is 0 Å². The van der Waals surface area contributed by atoms with Gasteiger partial charge in [-0.3, -0.25) is 4.79 Å². The highest BCUT2D eigenvalue weighted by Crippen LogP contribution is 2.31. The monoisotopic (exact) mass is 200 g/mol. The van der Waals surface area contributed by atoms with Gasteiger partial charge in [0.05, 0.1) is 0 Å². The molecule has 0 fully saturated rings. The Bertz CT molecular complexity index is 205. The molecule has 0 rings (SSSR count). The Kier molecular flexibility index (Phi) is 3.91. The predicted octanol–water partition coefficient (Wildman–Crippen LogP) is 2.64. The van der Waals surface area contributed by atoms with E-state index in [1.54, 1.807) is 0 Å². The van der Waals surface area contributed by atoms with Crippen molar-refractivity contribution in [1.82, 2.24) is 0 Å². The Labute approximate surface area is 87.7 Å². The number of Topliss-reactive ketones (excluding diaryl/α,β-unsaturated/α-hetero) is 1. The van der Waals surface area contributed by atoms with Gasteiger partial charge < -0.3 is 5.11 Å². The van der Waals surface area contributed by atoms with Crippen molar-refractivity contribution in [2.75, 3.05) is 0 Å². The van der Waals surface area contributed by atoms with Crippen molar-refractivity contribution in [3.05, 3.63) is 0 Å². The van der Waals surface area contributed by atoms with E-state index < -0.39 is 11.5 Å². The van der Waals surface area contributed by atoms with Crippen molar-refractivity contribution in [2.45, 2.75) is 54.6 Å². The largest absolute Gasteiger partial charge is 0.385 e. The molecule has 1 N–H and O–H groups in total. The van der Waals surface area contributed by atoms with Gasteiger partial charge in [0.25, 0.3) is 0 Å². The summed E-state index contributed by atoms with van der Waals surface area (Å²) >= 11 is 0. The average Bonchev–Trinajstić information content (AvgIpc) is 1.97. The summed E-state index contributed by atoms with van der Waals surface area (Å²) in [6.45, 7) is 13.6. The predicted molar refractivity (Wildman–Crippen MR) is 59.1 cm³/mol. The fourth-order valence-corrected chi connectivity index (χ4v) is 1.14. The molecule has 0 aromatic carbocycles. The zero-order valence-corrected chi connectivity index (χ0v) is 10.5. The highest BCUT2D eigenvalue weighted by Gasteiger charge is 2.36. The summed E-state index contributed by atoms with van der Waals surface area (Å²) in [6, 6.07) is 0. The molecule has 0 radical (unpaired) electrons. The minimum atomic E-state index is -0.852. The minimum Gasteiger partial charge on any atom is -0.385 e. The van der Waals surface area contributed by atoms with Gasteiger partial charge in [0.15, 0.2) is 5.78 Å². The first-order valence-electron chi connectivity index (χ1n) is 5.20. The summed E-state index contributed by atoms with van der Waals surface area (Å²) in [7, 11) is 0. The third-order valence-corrected chi connectivity index (χ3v) is 2.85. The van der Waals surface area contributed by atoms with Crippen LogP contribution in [0.15, 0.2) is 0 Å². The van der Waals surface area contributed by atoms with E-state index >= 15 is 0 Å². The highest BCUT2D eigenvalue weighted by atomic mass is 16.3. The van der Waals surface area contributed by atoms with Crippen molar-refractivity contribution in [1.29, 1.82) is 0 Å². The summed E-state index contributed by atoms with van der Waals surface area (Å²) in [5.41, 5.74) is -0.501. The maximum Gasteiger partial charge on any atom is 0.166 e. The molecule has 0 bridgehead atoms. The van der Waals surface area contributed by atoms with Crippen molar-refractivity contribution in [3.8, 4) is 0 Å². The lowest BCUT2D eigenvalue weighted by molar-refractivity contribution is -0.139. The molecular weight excluding hydrogens is 176 g/mol. The van der Waals surface area contributed by atoms with Gasteiger partial charge in [0.1, 0.15) is 6.10 Å². The molecule has 0 amide bonds. The Balaban J connectivity index is 4.65. The molecule has 14 heavy (non-hydrogen) atoms. The van der Waals surface area contributed by atoms with Crippen LogP contribution in [0.1, 0.15) is 48.5 Å². The van der Waals surface area contributed by atoms with E-state index in [9.17, 15) is 9.90 Å². The van der Waals surface area contributed by atoms with E-state index in [0.717, 1.165) is 0 Å². The average molecular weight is 200 g/mol. The van der Waals surface area contributed by atoms with Crippen LogP contribution in [0.5, 0.6) is 0 Å². The molecule has 0 aliphatic carbocycles. The van der Waals surface area contributed by atoms with Gasteiger partial charge in [-0.25, -0.2) is 0 Å². The second kappa shape index (κ2) is 4.01. The number of carbonyl (C=O) groups is 1. The van der Waals surface area contributed by atoms with Gasteiger partial charge in [0.2, 0.25) is 0 Å². The topological polar surface area (TPSA) is 37.3 Å². The van der Waals surface area contributed by atoms with Crippen LogP contribution in [0.2, 0.25) is 0 Å². The third-order valence-electron chi connectivity index (χ3n) is 2.85. The summed E-state index contributed by atoms with van der Waals surface area (Å²) in [4.78, 5) is 11.8. The molecule has 2 nitrogen and oxygen atoms in total. The first-order chi connectivity index (χ1) is 5.98. The number of aliphatic hydroxyl groups is 1. The first-order valence-corrected chi connectivity index (χ1v) is 5.20. The summed E-state index contributed by atoms with van der Waals surface area (Å²) in [5.74, 6) is -0.0888. The zero-order valence-electron chi connectivity index (χ0n) is 10.5. The molecule has 0 aliphatic rings. The van der Waals surface area contributed by atoms with E-state index in [1.807, 2.05) is 48.5 Å². The lowest BCUT2D eigenvalue weighted by Crippen LogP contribution is -2.41. The third kappa shape index (κ3) is 3.41. The van der Waals surface area contributed by atoms with Gasteiger partial charge in [-0.2, -0.15) is 0 Å². The van der Waals surface area contributed by atoms with E-state index in [4.69, 9.17) is 0 Å². The van der Waals surface area contributed by atoms with Crippen LogP contribution in [0, 0.1) is 16.7 Å². The standard InChI is InChI=1S/C12H24O2/c1-8(11(2,3)4)9(13)10(14)12(5,6)7/h8-9,13H,1-7H3/t8-,9+/m0/s1. The normalized spacial score (nSPS) is 17.7. The lowest BCUT2D eigenvalue weighted by Gasteiger charge is -2.33. The van der Waals surface area contributed by atoms with Crippen LogP contribution in [0.3, 0.4) is 0 Å². The van der Waals surface area contributed by atoms with Gasteiger partial charge in [0, 0.05) is 5.41 Å². The van der Waals surface area contributed by atoms with Crippen LogP contribution < -0.4 is 0 Å². The highest BCUT2D eigenvalue weighted by molar-refractivity contribution is 5.87. The van der Waals surface area contributed by atoms with Gasteiger partial charge >= 0.3 is 0 Å². The number of rotatable bonds is 2. The second-order valence-corrected chi connectivity index (χ2v) is 6.21. The number of carbonyl (C=O) groups excluding carboxylic acids is 1. The molecule has 0 heterocycles. The maximum atomic E-state index is 11.8. The fraction of sp³-hybridized carbons (Fsp3) is 0.917. The van der Waals surface area contributed by atoms with E-state index in [2.05, 4.69) is 0 Å². The number of aliphatic hydroxyl groups excluding tert-OH is 1. The first kappa shape index (κ1) is 13.6. The van der Waals surface area contributed by atoms with E-state index in [1.165, 1.54) is 0 Å². The van der Waals surface area contributed by atoms with E-state index in [-0.39, 0.29) is 17.1 Å². The Morgan fingerprint density at radius 3 is 1.64 bits per heavy atom. The number of hydrogen-bond acceptors (Lipinski definition) is 2. The molecular formula is C12H24O2. The molecule has 0 saturated heterocycles. The van der Waals surface area contributed by atoms with Crippen molar-refractivity contribution < 1.29 is 9.90 Å². The molecule has 0 unspecified atom stereocenters. The fourth-order valence-electron chi connectivity index (χ4n) is 1.14. The number of hydrogen-bond donors (Lipinski definition) is 1.